The topological polar surface area (TPSA) is 78.4 Å². The molecule has 3 N–H and O–H groups in total. The van der Waals surface area contributed by atoms with E-state index in [-0.39, 0.29) is 5.91 Å². The summed E-state index contributed by atoms with van der Waals surface area (Å²) < 4.78 is 0. The fourth-order valence-electron chi connectivity index (χ4n) is 4.00. The lowest BCUT2D eigenvalue weighted by atomic mass is 9.75. The SMILES string of the molecule is CCCC1(C(=O)NC2(C(=O)O)CCCC(C)C2)CCCN1. The van der Waals surface area contributed by atoms with Crippen molar-refractivity contribution in [2.24, 2.45) is 5.92 Å². The van der Waals surface area contributed by atoms with Gasteiger partial charge in [0, 0.05) is 0 Å². The second-order valence-corrected chi connectivity index (χ2v) is 6.91. The highest BCUT2D eigenvalue weighted by Crippen LogP contribution is 2.34. The third kappa shape index (κ3) is 3.23. The molecule has 1 heterocycles. The van der Waals surface area contributed by atoms with Gasteiger partial charge >= 0.3 is 5.97 Å². The molecule has 2 aliphatic rings. The molecule has 3 unspecified atom stereocenters. The molecule has 0 bridgehead atoms. The van der Waals surface area contributed by atoms with Crippen LogP contribution in [0, 0.1) is 5.92 Å². The molecule has 1 saturated heterocycles. The average molecular weight is 296 g/mol. The van der Waals surface area contributed by atoms with Crippen LogP contribution in [0.5, 0.6) is 0 Å². The fraction of sp³-hybridized carbons (Fsp3) is 0.875. The molecule has 2 fully saturated rings. The maximum absolute atomic E-state index is 12.8. The zero-order valence-electron chi connectivity index (χ0n) is 13.2. The molecule has 0 radical (unpaired) electrons. The van der Waals surface area contributed by atoms with Crippen molar-refractivity contribution < 1.29 is 14.7 Å². The van der Waals surface area contributed by atoms with Crippen LogP contribution in [-0.4, -0.2) is 34.6 Å². The van der Waals surface area contributed by atoms with E-state index in [0.29, 0.717) is 18.8 Å². The van der Waals surface area contributed by atoms with Gasteiger partial charge in [-0.2, -0.15) is 0 Å². The van der Waals surface area contributed by atoms with Crippen molar-refractivity contribution >= 4 is 11.9 Å². The molecule has 1 aliphatic carbocycles. The fourth-order valence-corrected chi connectivity index (χ4v) is 4.00. The first kappa shape index (κ1) is 16.3. The Kier molecular flexibility index (Phi) is 4.91. The van der Waals surface area contributed by atoms with Gasteiger partial charge in [0.2, 0.25) is 5.91 Å². The van der Waals surface area contributed by atoms with Crippen molar-refractivity contribution in [1.29, 1.82) is 0 Å². The van der Waals surface area contributed by atoms with Gasteiger partial charge in [0.15, 0.2) is 0 Å². The molecule has 1 saturated carbocycles. The van der Waals surface area contributed by atoms with E-state index >= 15 is 0 Å². The minimum atomic E-state index is -1.07. The lowest BCUT2D eigenvalue weighted by Crippen LogP contribution is -2.63. The van der Waals surface area contributed by atoms with Gasteiger partial charge in [-0.15, -0.1) is 0 Å². The van der Waals surface area contributed by atoms with Gasteiger partial charge in [-0.1, -0.05) is 33.1 Å². The zero-order chi connectivity index (χ0) is 15.5. The molecule has 0 aromatic carbocycles. The first-order chi connectivity index (χ1) is 9.94. The molecular weight excluding hydrogens is 268 g/mol. The Morgan fingerprint density at radius 1 is 1.33 bits per heavy atom. The van der Waals surface area contributed by atoms with Gasteiger partial charge in [0.25, 0.3) is 0 Å². The number of rotatable bonds is 5. The summed E-state index contributed by atoms with van der Waals surface area (Å²) in [6.07, 6.45) is 6.45. The monoisotopic (exact) mass is 296 g/mol. The Morgan fingerprint density at radius 2 is 2.10 bits per heavy atom. The number of hydrogen-bond donors (Lipinski definition) is 3. The van der Waals surface area contributed by atoms with Crippen LogP contribution >= 0.6 is 0 Å². The predicted molar refractivity (Wildman–Crippen MR) is 81.0 cm³/mol. The number of hydrogen-bond acceptors (Lipinski definition) is 3. The van der Waals surface area contributed by atoms with E-state index in [2.05, 4.69) is 24.5 Å². The first-order valence-electron chi connectivity index (χ1n) is 8.25. The minimum absolute atomic E-state index is 0.113. The lowest BCUT2D eigenvalue weighted by Gasteiger charge is -2.40. The Morgan fingerprint density at radius 3 is 2.62 bits per heavy atom. The molecule has 1 amide bonds. The summed E-state index contributed by atoms with van der Waals surface area (Å²) in [6.45, 7) is 4.97. The predicted octanol–water partition coefficient (Wildman–Crippen LogP) is 2.06. The van der Waals surface area contributed by atoms with Crippen LogP contribution in [0.3, 0.4) is 0 Å². The second kappa shape index (κ2) is 6.34. The maximum atomic E-state index is 12.8. The van der Waals surface area contributed by atoms with Crippen molar-refractivity contribution in [1.82, 2.24) is 10.6 Å². The van der Waals surface area contributed by atoms with Crippen molar-refractivity contribution in [3.63, 3.8) is 0 Å². The molecule has 0 spiro atoms. The molecule has 5 heteroatoms. The molecule has 3 atom stereocenters. The highest BCUT2D eigenvalue weighted by Gasteiger charge is 2.48. The number of carboxylic acids is 1. The van der Waals surface area contributed by atoms with Crippen molar-refractivity contribution in [3.05, 3.63) is 0 Å². The van der Waals surface area contributed by atoms with Crippen molar-refractivity contribution in [3.8, 4) is 0 Å². The Hall–Kier alpha value is -1.10. The summed E-state index contributed by atoms with van der Waals surface area (Å²) in [5, 5.41) is 15.9. The number of carboxylic acid groups (broad SMARTS) is 1. The normalized spacial score (nSPS) is 36.4. The summed E-state index contributed by atoms with van der Waals surface area (Å²) in [7, 11) is 0. The highest BCUT2D eigenvalue weighted by molar-refractivity contribution is 5.92. The summed E-state index contributed by atoms with van der Waals surface area (Å²) in [4.78, 5) is 24.6. The summed E-state index contributed by atoms with van der Waals surface area (Å²) in [6, 6.07) is 0. The van der Waals surface area contributed by atoms with E-state index in [1.807, 2.05) is 0 Å². The van der Waals surface area contributed by atoms with Crippen LogP contribution in [0.2, 0.25) is 0 Å². The van der Waals surface area contributed by atoms with Crippen LogP contribution in [-0.2, 0) is 9.59 Å². The molecule has 5 nitrogen and oxygen atoms in total. The number of carbonyl (C=O) groups excluding carboxylic acids is 1. The molecule has 0 aromatic rings. The molecule has 0 aromatic heterocycles. The van der Waals surface area contributed by atoms with Crippen LogP contribution in [0.25, 0.3) is 0 Å². The van der Waals surface area contributed by atoms with Gasteiger partial charge in [-0.25, -0.2) is 4.79 Å². The standard InChI is InChI=1S/C16H28N2O3/c1-3-7-15(9-5-10-17-15)13(19)18-16(14(20)21)8-4-6-12(2)11-16/h12,17H,3-11H2,1-2H3,(H,18,19)(H,20,21). The van der Waals surface area contributed by atoms with E-state index in [4.69, 9.17) is 0 Å². The van der Waals surface area contributed by atoms with E-state index < -0.39 is 17.0 Å². The van der Waals surface area contributed by atoms with Gasteiger partial charge in [0.1, 0.15) is 5.54 Å². The Balaban J connectivity index is 2.16. The summed E-state index contributed by atoms with van der Waals surface area (Å²) >= 11 is 0. The Bertz CT molecular complexity index is 404. The number of aliphatic carboxylic acids is 1. The van der Waals surface area contributed by atoms with E-state index in [9.17, 15) is 14.7 Å². The third-order valence-electron chi connectivity index (χ3n) is 5.11. The molecular formula is C16H28N2O3. The highest BCUT2D eigenvalue weighted by atomic mass is 16.4. The van der Waals surface area contributed by atoms with Crippen molar-refractivity contribution in [2.45, 2.75) is 76.3 Å². The maximum Gasteiger partial charge on any atom is 0.329 e. The molecule has 120 valence electrons. The van der Waals surface area contributed by atoms with Crippen LogP contribution in [0.15, 0.2) is 0 Å². The van der Waals surface area contributed by atoms with E-state index in [1.54, 1.807) is 0 Å². The second-order valence-electron chi connectivity index (χ2n) is 6.91. The van der Waals surface area contributed by atoms with Gasteiger partial charge in [-0.3, -0.25) is 4.79 Å². The first-order valence-corrected chi connectivity index (χ1v) is 8.25. The smallest absolute Gasteiger partial charge is 0.329 e. The lowest BCUT2D eigenvalue weighted by molar-refractivity contribution is -0.151. The zero-order valence-corrected chi connectivity index (χ0v) is 13.2. The Labute approximate surface area is 126 Å². The van der Waals surface area contributed by atoms with Crippen LogP contribution in [0.4, 0.5) is 0 Å². The number of nitrogens with one attached hydrogen (secondary N) is 2. The van der Waals surface area contributed by atoms with Gasteiger partial charge in [0.05, 0.1) is 5.54 Å². The van der Waals surface area contributed by atoms with E-state index in [0.717, 1.165) is 45.1 Å². The van der Waals surface area contributed by atoms with E-state index in [1.165, 1.54) is 0 Å². The third-order valence-corrected chi connectivity index (χ3v) is 5.11. The molecule has 1 aliphatic heterocycles. The quantitative estimate of drug-likeness (QED) is 0.725. The molecule has 21 heavy (non-hydrogen) atoms. The van der Waals surface area contributed by atoms with Crippen LogP contribution in [0.1, 0.15) is 65.2 Å². The minimum Gasteiger partial charge on any atom is -0.480 e. The number of amides is 1. The average Bonchev–Trinajstić information content (AvgIpc) is 2.89. The number of carbonyl (C=O) groups is 2. The van der Waals surface area contributed by atoms with Crippen molar-refractivity contribution in [2.75, 3.05) is 6.54 Å². The molecule has 2 rings (SSSR count). The summed E-state index contributed by atoms with van der Waals surface area (Å²) in [5.41, 5.74) is -1.63. The largest absolute Gasteiger partial charge is 0.480 e. The summed E-state index contributed by atoms with van der Waals surface area (Å²) in [5.74, 6) is -0.654. The van der Waals surface area contributed by atoms with Crippen LogP contribution < -0.4 is 10.6 Å². The van der Waals surface area contributed by atoms with Gasteiger partial charge in [-0.05, 0) is 44.6 Å². The van der Waals surface area contributed by atoms with Gasteiger partial charge < -0.3 is 15.7 Å².